The molecule has 1 atom stereocenters. The molecule has 0 spiro atoms. The Kier molecular flexibility index (Phi) is 3.43. The summed E-state index contributed by atoms with van der Waals surface area (Å²) in [5, 5.41) is 0. The zero-order valence-corrected chi connectivity index (χ0v) is 11.1. The number of carbonyl (C=O) groups is 1. The third-order valence-electron chi connectivity index (χ3n) is 3.44. The van der Waals surface area contributed by atoms with Crippen molar-refractivity contribution >= 4 is 5.91 Å². The van der Waals surface area contributed by atoms with Gasteiger partial charge in [0.25, 0.3) is 5.91 Å². The summed E-state index contributed by atoms with van der Waals surface area (Å²) in [7, 11) is 0. The molecule has 5 nitrogen and oxygen atoms in total. The Balaban J connectivity index is 1.78. The Bertz CT molecular complexity index is 597. The molecule has 2 N–H and O–H groups in total. The van der Waals surface area contributed by atoms with Crippen molar-refractivity contribution in [2.24, 2.45) is 5.73 Å². The third-order valence-corrected chi connectivity index (χ3v) is 3.44. The van der Waals surface area contributed by atoms with Gasteiger partial charge in [0.15, 0.2) is 5.82 Å². The van der Waals surface area contributed by atoms with E-state index in [9.17, 15) is 4.79 Å². The zero-order chi connectivity index (χ0) is 13.9. The Morgan fingerprint density at radius 3 is 2.50 bits per heavy atom. The van der Waals surface area contributed by atoms with Gasteiger partial charge in [0.1, 0.15) is 0 Å². The zero-order valence-electron chi connectivity index (χ0n) is 11.1. The predicted octanol–water partition coefficient (Wildman–Crippen LogP) is 1.32. The topological polar surface area (TPSA) is 72.1 Å². The van der Waals surface area contributed by atoms with E-state index in [4.69, 9.17) is 5.73 Å². The molecule has 2 heterocycles. The van der Waals surface area contributed by atoms with Gasteiger partial charge in [0.2, 0.25) is 0 Å². The summed E-state index contributed by atoms with van der Waals surface area (Å²) in [5.41, 5.74) is 7.27. The molecule has 1 aliphatic heterocycles. The van der Waals surface area contributed by atoms with Gasteiger partial charge in [-0.3, -0.25) is 4.79 Å². The fourth-order valence-corrected chi connectivity index (χ4v) is 2.33. The first-order valence-corrected chi connectivity index (χ1v) is 6.66. The summed E-state index contributed by atoms with van der Waals surface area (Å²) in [6.07, 6.45) is 4.03. The van der Waals surface area contributed by atoms with Crippen molar-refractivity contribution in [2.45, 2.75) is 12.5 Å². The number of hydrogen-bond acceptors (Lipinski definition) is 4. The third kappa shape index (κ3) is 2.53. The first kappa shape index (κ1) is 12.7. The second kappa shape index (κ2) is 5.38. The van der Waals surface area contributed by atoms with Crippen molar-refractivity contribution in [1.29, 1.82) is 0 Å². The second-order valence-electron chi connectivity index (χ2n) is 4.96. The molecule has 1 saturated heterocycles. The van der Waals surface area contributed by atoms with Gasteiger partial charge >= 0.3 is 0 Å². The number of amides is 1. The van der Waals surface area contributed by atoms with Crippen LogP contribution in [0.4, 0.5) is 0 Å². The Labute approximate surface area is 117 Å². The van der Waals surface area contributed by atoms with E-state index in [2.05, 4.69) is 9.97 Å². The van der Waals surface area contributed by atoms with Crippen LogP contribution in [0, 0.1) is 0 Å². The lowest BCUT2D eigenvalue weighted by atomic mass is 10.2. The SMILES string of the molecule is N[C@H]1CCN(C(=O)c2cnc(-c3ccccc3)nc2)C1. The maximum Gasteiger partial charge on any atom is 0.257 e. The largest absolute Gasteiger partial charge is 0.337 e. The maximum atomic E-state index is 12.2. The molecular weight excluding hydrogens is 252 g/mol. The van der Waals surface area contributed by atoms with Gasteiger partial charge in [-0.2, -0.15) is 0 Å². The molecule has 0 aliphatic carbocycles. The first-order valence-electron chi connectivity index (χ1n) is 6.66. The van der Waals surface area contributed by atoms with Crippen LogP contribution in [0.25, 0.3) is 11.4 Å². The van der Waals surface area contributed by atoms with Gasteiger partial charge in [-0.15, -0.1) is 0 Å². The summed E-state index contributed by atoms with van der Waals surface area (Å²) in [6, 6.07) is 9.78. The number of carbonyl (C=O) groups excluding carboxylic acids is 1. The lowest BCUT2D eigenvalue weighted by Gasteiger charge is -2.15. The van der Waals surface area contributed by atoms with Crippen LogP contribution in [-0.4, -0.2) is 39.9 Å². The smallest absolute Gasteiger partial charge is 0.257 e. The highest BCUT2D eigenvalue weighted by atomic mass is 16.2. The minimum absolute atomic E-state index is 0.0439. The summed E-state index contributed by atoms with van der Waals surface area (Å²) in [6.45, 7) is 1.32. The molecule has 1 amide bonds. The Hall–Kier alpha value is -2.27. The van der Waals surface area contributed by atoms with E-state index >= 15 is 0 Å². The molecule has 1 aromatic carbocycles. The van der Waals surface area contributed by atoms with Crippen LogP contribution >= 0.6 is 0 Å². The van der Waals surface area contributed by atoms with E-state index in [0.29, 0.717) is 24.5 Å². The van der Waals surface area contributed by atoms with Crippen LogP contribution < -0.4 is 5.73 Å². The molecule has 0 bridgehead atoms. The lowest BCUT2D eigenvalue weighted by Crippen LogP contribution is -2.32. The maximum absolute atomic E-state index is 12.2. The second-order valence-corrected chi connectivity index (χ2v) is 4.96. The predicted molar refractivity (Wildman–Crippen MR) is 76.0 cm³/mol. The van der Waals surface area contributed by atoms with Gasteiger partial charge in [0.05, 0.1) is 5.56 Å². The number of nitrogens with two attached hydrogens (primary N) is 1. The number of benzene rings is 1. The standard InChI is InChI=1S/C15H16N4O/c16-13-6-7-19(10-13)15(20)12-8-17-14(18-9-12)11-4-2-1-3-5-11/h1-5,8-9,13H,6-7,10,16H2/t13-/m0/s1. The van der Waals surface area contributed by atoms with E-state index < -0.39 is 0 Å². The van der Waals surface area contributed by atoms with Gasteiger partial charge < -0.3 is 10.6 Å². The minimum atomic E-state index is -0.0439. The number of hydrogen-bond donors (Lipinski definition) is 1. The molecule has 20 heavy (non-hydrogen) atoms. The average Bonchev–Trinajstić information content (AvgIpc) is 2.94. The highest BCUT2D eigenvalue weighted by molar-refractivity contribution is 5.94. The Morgan fingerprint density at radius 1 is 1.20 bits per heavy atom. The van der Waals surface area contributed by atoms with E-state index in [1.54, 1.807) is 17.3 Å². The van der Waals surface area contributed by atoms with Crippen molar-refractivity contribution in [1.82, 2.24) is 14.9 Å². The van der Waals surface area contributed by atoms with Crippen molar-refractivity contribution < 1.29 is 4.79 Å². The quantitative estimate of drug-likeness (QED) is 0.891. The highest BCUT2D eigenvalue weighted by Gasteiger charge is 2.24. The number of likely N-dealkylation sites (tertiary alicyclic amines) is 1. The average molecular weight is 268 g/mol. The minimum Gasteiger partial charge on any atom is -0.337 e. The normalized spacial score (nSPS) is 18.2. The molecule has 0 radical (unpaired) electrons. The van der Waals surface area contributed by atoms with Crippen LogP contribution in [-0.2, 0) is 0 Å². The molecule has 5 heteroatoms. The highest BCUT2D eigenvalue weighted by Crippen LogP contribution is 2.15. The molecule has 102 valence electrons. The molecule has 1 aromatic heterocycles. The van der Waals surface area contributed by atoms with Crippen LogP contribution in [0.5, 0.6) is 0 Å². The molecule has 3 rings (SSSR count). The number of nitrogens with zero attached hydrogens (tertiary/aromatic N) is 3. The van der Waals surface area contributed by atoms with Crippen molar-refractivity contribution in [3.8, 4) is 11.4 Å². The number of aromatic nitrogens is 2. The van der Waals surface area contributed by atoms with Crippen molar-refractivity contribution in [2.75, 3.05) is 13.1 Å². The first-order chi connectivity index (χ1) is 9.74. The van der Waals surface area contributed by atoms with Crippen molar-refractivity contribution in [3.63, 3.8) is 0 Å². The van der Waals surface area contributed by atoms with E-state index in [1.165, 1.54) is 0 Å². The monoisotopic (exact) mass is 268 g/mol. The van der Waals surface area contributed by atoms with Gasteiger partial charge in [0, 0.05) is 37.1 Å². The molecule has 1 aliphatic rings. The molecule has 1 fully saturated rings. The van der Waals surface area contributed by atoms with Crippen LogP contribution in [0.15, 0.2) is 42.7 Å². The lowest BCUT2D eigenvalue weighted by molar-refractivity contribution is 0.0790. The van der Waals surface area contributed by atoms with Crippen LogP contribution in [0.2, 0.25) is 0 Å². The van der Waals surface area contributed by atoms with E-state index in [1.807, 2.05) is 30.3 Å². The van der Waals surface area contributed by atoms with E-state index in [-0.39, 0.29) is 11.9 Å². The van der Waals surface area contributed by atoms with Gasteiger partial charge in [-0.1, -0.05) is 30.3 Å². The molecule has 2 aromatic rings. The number of rotatable bonds is 2. The summed E-state index contributed by atoms with van der Waals surface area (Å²) < 4.78 is 0. The van der Waals surface area contributed by atoms with Crippen molar-refractivity contribution in [3.05, 3.63) is 48.3 Å². The molecule has 0 saturated carbocycles. The summed E-state index contributed by atoms with van der Waals surface area (Å²) >= 11 is 0. The van der Waals surface area contributed by atoms with Crippen LogP contribution in [0.1, 0.15) is 16.8 Å². The fourth-order valence-electron chi connectivity index (χ4n) is 2.33. The fraction of sp³-hybridized carbons (Fsp3) is 0.267. The molecule has 0 unspecified atom stereocenters. The summed E-state index contributed by atoms with van der Waals surface area (Å²) in [5.74, 6) is 0.581. The van der Waals surface area contributed by atoms with Gasteiger partial charge in [-0.05, 0) is 6.42 Å². The molecular formula is C15H16N4O. The van der Waals surface area contributed by atoms with E-state index in [0.717, 1.165) is 12.0 Å². The van der Waals surface area contributed by atoms with Crippen LogP contribution in [0.3, 0.4) is 0 Å². The van der Waals surface area contributed by atoms with Gasteiger partial charge in [-0.25, -0.2) is 9.97 Å². The Morgan fingerprint density at radius 2 is 1.90 bits per heavy atom. The summed E-state index contributed by atoms with van der Waals surface area (Å²) in [4.78, 5) is 22.5.